The first kappa shape index (κ1) is 13.3. The van der Waals surface area contributed by atoms with Crippen LogP contribution in [0.3, 0.4) is 0 Å². The maximum absolute atomic E-state index is 5.95. The summed E-state index contributed by atoms with van der Waals surface area (Å²) >= 11 is 0. The molecule has 1 heterocycles. The number of ether oxygens (including phenoxy) is 1. The lowest BCUT2D eigenvalue weighted by Crippen LogP contribution is -2.34. The van der Waals surface area contributed by atoms with Crippen molar-refractivity contribution in [2.24, 2.45) is 17.1 Å². The Hall–Kier alpha value is -1.16. The van der Waals surface area contributed by atoms with Gasteiger partial charge in [-0.05, 0) is 36.7 Å². The van der Waals surface area contributed by atoms with Gasteiger partial charge in [-0.1, -0.05) is 20.8 Å². The third-order valence-electron chi connectivity index (χ3n) is 3.54. The van der Waals surface area contributed by atoms with Crippen molar-refractivity contribution in [2.45, 2.75) is 52.7 Å². The molecule has 100 valence electrons. The van der Waals surface area contributed by atoms with E-state index in [4.69, 9.17) is 10.5 Å². The van der Waals surface area contributed by atoms with Crippen LogP contribution >= 0.6 is 0 Å². The zero-order valence-electron chi connectivity index (χ0n) is 11.5. The van der Waals surface area contributed by atoms with Gasteiger partial charge in [0.25, 0.3) is 0 Å². The molecular weight excluding hydrogens is 226 g/mol. The summed E-state index contributed by atoms with van der Waals surface area (Å²) in [6.07, 6.45) is 3.70. The van der Waals surface area contributed by atoms with Crippen LogP contribution < -0.4 is 10.5 Å². The van der Waals surface area contributed by atoms with Crippen molar-refractivity contribution in [3.05, 3.63) is 17.8 Å². The Labute approximate surface area is 109 Å². The van der Waals surface area contributed by atoms with Crippen molar-refractivity contribution in [1.82, 2.24) is 10.2 Å². The first-order valence-electron chi connectivity index (χ1n) is 6.68. The van der Waals surface area contributed by atoms with Crippen LogP contribution in [0.5, 0.6) is 5.88 Å². The molecule has 4 heteroatoms. The Balaban J connectivity index is 1.99. The Kier molecular flexibility index (Phi) is 3.85. The summed E-state index contributed by atoms with van der Waals surface area (Å²) in [5.74, 6) is 1.32. The van der Waals surface area contributed by atoms with E-state index < -0.39 is 0 Å². The zero-order chi connectivity index (χ0) is 13.2. The van der Waals surface area contributed by atoms with Gasteiger partial charge >= 0.3 is 0 Å². The molecule has 0 spiro atoms. The highest BCUT2D eigenvalue weighted by atomic mass is 16.5. The predicted octanol–water partition coefficient (Wildman–Crippen LogP) is 2.53. The number of hydrogen-bond acceptors (Lipinski definition) is 4. The molecule has 4 nitrogen and oxygen atoms in total. The minimum Gasteiger partial charge on any atom is -0.473 e. The van der Waals surface area contributed by atoms with Crippen molar-refractivity contribution in [1.29, 1.82) is 0 Å². The second-order valence-electron chi connectivity index (χ2n) is 6.22. The molecule has 2 unspecified atom stereocenters. The van der Waals surface area contributed by atoms with Crippen LogP contribution in [0, 0.1) is 11.3 Å². The summed E-state index contributed by atoms with van der Waals surface area (Å²) in [5.41, 5.74) is 6.64. The smallest absolute Gasteiger partial charge is 0.233 e. The van der Waals surface area contributed by atoms with Crippen LogP contribution in [0.2, 0.25) is 0 Å². The van der Waals surface area contributed by atoms with Crippen molar-refractivity contribution in [3.63, 3.8) is 0 Å². The second kappa shape index (κ2) is 5.22. The van der Waals surface area contributed by atoms with E-state index in [2.05, 4.69) is 31.0 Å². The average molecular weight is 249 g/mol. The first-order valence-corrected chi connectivity index (χ1v) is 6.68. The lowest BCUT2D eigenvalue weighted by molar-refractivity contribution is 0.0525. The van der Waals surface area contributed by atoms with Gasteiger partial charge in [-0.25, -0.2) is 0 Å². The number of hydrogen-bond donors (Lipinski definition) is 1. The molecule has 1 saturated carbocycles. The highest BCUT2D eigenvalue weighted by molar-refractivity contribution is 5.11. The Morgan fingerprint density at radius 2 is 2.11 bits per heavy atom. The van der Waals surface area contributed by atoms with Gasteiger partial charge in [-0.2, -0.15) is 5.10 Å². The van der Waals surface area contributed by atoms with Crippen LogP contribution in [0.1, 0.15) is 45.7 Å². The molecule has 1 fully saturated rings. The molecule has 0 aliphatic heterocycles. The normalized spacial score (nSPS) is 26.9. The van der Waals surface area contributed by atoms with Gasteiger partial charge in [0.1, 0.15) is 6.10 Å². The van der Waals surface area contributed by atoms with E-state index in [-0.39, 0.29) is 6.10 Å². The van der Waals surface area contributed by atoms with Gasteiger partial charge in [0.2, 0.25) is 5.88 Å². The van der Waals surface area contributed by atoms with Crippen molar-refractivity contribution < 1.29 is 4.74 Å². The second-order valence-corrected chi connectivity index (χ2v) is 6.22. The fourth-order valence-corrected chi connectivity index (χ4v) is 3.04. The minimum absolute atomic E-state index is 0.252. The first-order chi connectivity index (χ1) is 8.48. The summed E-state index contributed by atoms with van der Waals surface area (Å²) in [4.78, 5) is 0. The van der Waals surface area contributed by atoms with Gasteiger partial charge in [-0.3, -0.25) is 0 Å². The van der Waals surface area contributed by atoms with Gasteiger partial charge in [0, 0.05) is 12.6 Å². The quantitative estimate of drug-likeness (QED) is 0.894. The van der Waals surface area contributed by atoms with Gasteiger partial charge < -0.3 is 10.5 Å². The third kappa shape index (κ3) is 3.42. The molecule has 0 aromatic carbocycles. The van der Waals surface area contributed by atoms with E-state index >= 15 is 0 Å². The summed E-state index contributed by atoms with van der Waals surface area (Å²) < 4.78 is 5.95. The molecule has 1 aromatic rings. The maximum atomic E-state index is 5.95. The fourth-order valence-electron chi connectivity index (χ4n) is 3.04. The summed E-state index contributed by atoms with van der Waals surface area (Å²) in [5, 5.41) is 8.08. The molecular formula is C14H23N3O. The highest BCUT2D eigenvalue weighted by Gasteiger charge is 2.33. The standard InChI is InChI=1S/C14H23N3O/c1-10-6-12(8-14(2,3)7-10)18-13-5-4-11(9-15)16-17-13/h4-5,10,12H,6-9,15H2,1-3H3. The fraction of sp³-hybridized carbons (Fsp3) is 0.714. The van der Waals surface area contributed by atoms with Crippen molar-refractivity contribution in [2.75, 3.05) is 0 Å². The minimum atomic E-state index is 0.252. The van der Waals surface area contributed by atoms with Crippen molar-refractivity contribution in [3.8, 4) is 5.88 Å². The summed E-state index contributed by atoms with van der Waals surface area (Å²) in [7, 11) is 0. The maximum Gasteiger partial charge on any atom is 0.233 e. The molecule has 0 amide bonds. The van der Waals surface area contributed by atoms with E-state index in [0.29, 0.717) is 23.8 Å². The molecule has 2 atom stereocenters. The summed E-state index contributed by atoms with van der Waals surface area (Å²) in [6.45, 7) is 7.33. The molecule has 1 aliphatic rings. The van der Waals surface area contributed by atoms with E-state index in [1.54, 1.807) is 0 Å². The molecule has 1 aromatic heterocycles. The highest BCUT2D eigenvalue weighted by Crippen LogP contribution is 2.39. The largest absolute Gasteiger partial charge is 0.473 e. The molecule has 2 rings (SSSR count). The SMILES string of the molecule is CC1CC(Oc2ccc(CN)nn2)CC(C)(C)C1. The topological polar surface area (TPSA) is 61.0 Å². The Morgan fingerprint density at radius 3 is 2.67 bits per heavy atom. The lowest BCUT2D eigenvalue weighted by atomic mass is 9.71. The molecule has 0 saturated heterocycles. The number of nitrogens with two attached hydrogens (primary N) is 1. The van der Waals surface area contributed by atoms with Gasteiger partial charge in [0.15, 0.2) is 0 Å². The molecule has 1 aliphatic carbocycles. The zero-order valence-corrected chi connectivity index (χ0v) is 11.5. The van der Waals surface area contributed by atoms with Crippen molar-refractivity contribution >= 4 is 0 Å². The van der Waals surface area contributed by atoms with Crippen LogP contribution in [-0.2, 0) is 6.54 Å². The predicted molar refractivity (Wildman–Crippen MR) is 71.1 cm³/mol. The van der Waals surface area contributed by atoms with Crippen LogP contribution in [-0.4, -0.2) is 16.3 Å². The molecule has 0 bridgehead atoms. The third-order valence-corrected chi connectivity index (χ3v) is 3.54. The monoisotopic (exact) mass is 249 g/mol. The van der Waals surface area contributed by atoms with E-state index in [1.807, 2.05) is 12.1 Å². The van der Waals surface area contributed by atoms with Crippen LogP contribution in [0.25, 0.3) is 0 Å². The lowest BCUT2D eigenvalue weighted by Gasteiger charge is -2.38. The van der Waals surface area contributed by atoms with E-state index in [9.17, 15) is 0 Å². The molecule has 0 radical (unpaired) electrons. The Morgan fingerprint density at radius 1 is 1.33 bits per heavy atom. The Bertz CT molecular complexity index is 389. The number of nitrogens with zero attached hydrogens (tertiary/aromatic N) is 2. The average Bonchev–Trinajstić information content (AvgIpc) is 2.27. The van der Waals surface area contributed by atoms with E-state index in [1.165, 1.54) is 6.42 Å². The van der Waals surface area contributed by atoms with Gasteiger partial charge in [-0.15, -0.1) is 5.10 Å². The van der Waals surface area contributed by atoms with Gasteiger partial charge in [0.05, 0.1) is 5.69 Å². The van der Waals surface area contributed by atoms with Crippen LogP contribution in [0.4, 0.5) is 0 Å². The summed E-state index contributed by atoms with van der Waals surface area (Å²) in [6, 6.07) is 3.74. The molecule has 18 heavy (non-hydrogen) atoms. The number of rotatable bonds is 3. The molecule has 2 N–H and O–H groups in total. The van der Waals surface area contributed by atoms with E-state index in [0.717, 1.165) is 18.5 Å². The number of aromatic nitrogens is 2. The van der Waals surface area contributed by atoms with Crippen LogP contribution in [0.15, 0.2) is 12.1 Å².